The quantitative estimate of drug-likeness (QED) is 0.351. The monoisotopic (exact) mass is 287 g/mol. The van der Waals surface area contributed by atoms with Crippen LogP contribution in [0.5, 0.6) is 0 Å². The summed E-state index contributed by atoms with van der Waals surface area (Å²) >= 11 is 0. The predicted molar refractivity (Wildman–Crippen MR) is 44.8 cm³/mol. The van der Waals surface area contributed by atoms with Gasteiger partial charge in [0.05, 0.1) is 0 Å². The topological polar surface area (TPSA) is 60.2 Å². The van der Waals surface area contributed by atoms with Crippen LogP contribution in [0.25, 0.3) is 0 Å². The molecule has 16 heavy (non-hydrogen) atoms. The van der Waals surface area contributed by atoms with Crippen molar-refractivity contribution in [2.75, 3.05) is 0 Å². The molecule has 2 N–H and O–H groups in total. The molecule has 0 unspecified atom stereocenters. The van der Waals surface area contributed by atoms with Crippen LogP contribution in [-0.2, 0) is 10.0 Å². The Bertz CT molecular complexity index is 503. The Hall–Kier alpha value is 0.416. The van der Waals surface area contributed by atoms with E-state index in [1.165, 1.54) is 0 Å². The van der Waals surface area contributed by atoms with E-state index in [0.717, 1.165) is 0 Å². The van der Waals surface area contributed by atoms with Crippen LogP contribution in [0.1, 0.15) is 0 Å². The van der Waals surface area contributed by atoms with Crippen LogP contribution in [0.15, 0.2) is 4.90 Å². The summed E-state index contributed by atoms with van der Waals surface area (Å²) in [6, 6.07) is 0. The van der Waals surface area contributed by atoms with Gasteiger partial charge in [-0.15, -0.1) is 0 Å². The molecule has 0 saturated heterocycles. The molecule has 0 aliphatic carbocycles. The molecular formula is C6H3F5KNO2S. The van der Waals surface area contributed by atoms with Crippen LogP contribution >= 0.6 is 0 Å². The Kier molecular flexibility index (Phi) is 5.51. The second kappa shape index (κ2) is 5.37. The van der Waals surface area contributed by atoms with Crippen molar-refractivity contribution in [1.82, 2.24) is 0 Å². The average molecular weight is 287 g/mol. The van der Waals surface area contributed by atoms with Crippen molar-refractivity contribution in [3.8, 4) is 0 Å². The predicted octanol–water partition coefficient (Wildman–Crippen LogP) is 0.381. The summed E-state index contributed by atoms with van der Waals surface area (Å²) in [6.45, 7) is 0. The SMILES string of the molecule is NS(=O)(=O)c1c(F)c(F)c(F)c(F)c1F.[KH]. The van der Waals surface area contributed by atoms with Gasteiger partial charge in [-0.05, 0) is 0 Å². The van der Waals surface area contributed by atoms with E-state index < -0.39 is 44.0 Å². The molecule has 0 aliphatic rings. The van der Waals surface area contributed by atoms with Crippen molar-refractivity contribution in [1.29, 1.82) is 0 Å². The molecule has 1 rings (SSSR count). The molecular weight excluding hydrogens is 284 g/mol. The zero-order chi connectivity index (χ0) is 12.0. The molecule has 1 aromatic rings. The van der Waals surface area contributed by atoms with E-state index in [9.17, 15) is 30.4 Å². The number of hydrogen-bond acceptors (Lipinski definition) is 2. The number of primary sulfonamides is 1. The zero-order valence-corrected chi connectivity index (χ0v) is 7.51. The van der Waals surface area contributed by atoms with Gasteiger partial charge in [0.25, 0.3) is 0 Å². The molecule has 0 aromatic heterocycles. The summed E-state index contributed by atoms with van der Waals surface area (Å²) in [4.78, 5) is -2.04. The molecule has 10 heteroatoms. The van der Waals surface area contributed by atoms with Crippen LogP contribution in [0, 0.1) is 29.1 Å². The Morgan fingerprint density at radius 3 is 1.25 bits per heavy atom. The van der Waals surface area contributed by atoms with Crippen molar-refractivity contribution in [2.45, 2.75) is 4.90 Å². The molecule has 0 radical (unpaired) electrons. The molecule has 0 atom stereocenters. The van der Waals surface area contributed by atoms with Crippen LogP contribution in [-0.4, -0.2) is 59.8 Å². The number of sulfonamides is 1. The van der Waals surface area contributed by atoms with E-state index in [4.69, 9.17) is 0 Å². The summed E-state index contributed by atoms with van der Waals surface area (Å²) in [5.74, 6) is -12.1. The number of halogens is 5. The molecule has 3 nitrogen and oxygen atoms in total. The van der Waals surface area contributed by atoms with Gasteiger partial charge < -0.3 is 0 Å². The summed E-state index contributed by atoms with van der Waals surface area (Å²) in [5.41, 5.74) is 0. The van der Waals surface area contributed by atoms with Gasteiger partial charge in [0.15, 0.2) is 28.2 Å². The van der Waals surface area contributed by atoms with Crippen LogP contribution in [0.2, 0.25) is 0 Å². The van der Waals surface area contributed by atoms with Gasteiger partial charge >= 0.3 is 51.4 Å². The van der Waals surface area contributed by atoms with Gasteiger partial charge in [0.1, 0.15) is 0 Å². The summed E-state index contributed by atoms with van der Waals surface area (Å²) in [6.07, 6.45) is 0. The van der Waals surface area contributed by atoms with E-state index in [1.807, 2.05) is 0 Å². The average Bonchev–Trinajstić information content (AvgIpc) is 2.09. The van der Waals surface area contributed by atoms with Crippen LogP contribution < -0.4 is 5.14 Å². The first-order chi connectivity index (χ1) is 6.68. The van der Waals surface area contributed by atoms with Crippen molar-refractivity contribution in [3.05, 3.63) is 29.1 Å². The molecule has 0 heterocycles. The second-order valence-electron chi connectivity index (χ2n) is 2.44. The number of rotatable bonds is 1. The fourth-order valence-electron chi connectivity index (χ4n) is 0.835. The maximum absolute atomic E-state index is 12.7. The number of benzene rings is 1. The van der Waals surface area contributed by atoms with Gasteiger partial charge in [-0.3, -0.25) is 0 Å². The van der Waals surface area contributed by atoms with Gasteiger partial charge in [0.2, 0.25) is 15.8 Å². The molecule has 1 aromatic carbocycles. The third kappa shape index (κ3) is 2.80. The summed E-state index contributed by atoms with van der Waals surface area (Å²) in [5, 5.41) is 4.28. The third-order valence-corrected chi connectivity index (χ3v) is 2.38. The van der Waals surface area contributed by atoms with Crippen molar-refractivity contribution >= 4 is 61.4 Å². The third-order valence-electron chi connectivity index (χ3n) is 1.45. The Morgan fingerprint density at radius 2 is 1.00 bits per heavy atom. The molecule has 0 spiro atoms. The molecule has 0 amide bonds. The summed E-state index contributed by atoms with van der Waals surface area (Å²) in [7, 11) is -5.02. The number of nitrogens with two attached hydrogens (primary N) is 1. The van der Waals surface area contributed by atoms with Crippen molar-refractivity contribution in [2.24, 2.45) is 5.14 Å². The van der Waals surface area contributed by atoms with Gasteiger partial charge in [0, 0.05) is 0 Å². The van der Waals surface area contributed by atoms with Gasteiger partial charge in [-0.1, -0.05) is 0 Å². The fourth-order valence-corrected chi connectivity index (χ4v) is 1.51. The Morgan fingerprint density at radius 1 is 0.750 bits per heavy atom. The minimum atomic E-state index is -5.02. The molecule has 0 bridgehead atoms. The second-order valence-corrected chi connectivity index (χ2v) is 3.94. The van der Waals surface area contributed by atoms with Crippen molar-refractivity contribution in [3.63, 3.8) is 0 Å². The first kappa shape index (κ1) is 16.4. The van der Waals surface area contributed by atoms with Crippen LogP contribution in [0.3, 0.4) is 0 Å². The van der Waals surface area contributed by atoms with E-state index in [0.29, 0.717) is 0 Å². The summed E-state index contributed by atoms with van der Waals surface area (Å²) < 4.78 is 83.8. The normalized spacial score (nSPS) is 11.1. The zero-order valence-electron chi connectivity index (χ0n) is 6.69. The van der Waals surface area contributed by atoms with E-state index >= 15 is 0 Å². The first-order valence-corrected chi connectivity index (χ1v) is 4.76. The van der Waals surface area contributed by atoms with Gasteiger partial charge in [-0.2, -0.15) is 0 Å². The molecule has 0 saturated carbocycles. The standard InChI is InChI=1S/C6H2F5NO2S.K.H/c7-1-2(8)4(10)6(15(12,13)14)5(11)3(1)9;;/h(H2,12,13,14);;. The van der Waals surface area contributed by atoms with Crippen LogP contribution in [0.4, 0.5) is 22.0 Å². The van der Waals surface area contributed by atoms with Crippen molar-refractivity contribution < 1.29 is 30.4 Å². The van der Waals surface area contributed by atoms with Gasteiger partial charge in [-0.25, -0.2) is 35.5 Å². The molecule has 0 fully saturated rings. The number of hydrogen-bond donors (Lipinski definition) is 1. The Labute approximate surface area is 129 Å². The minimum absolute atomic E-state index is 0. The van der Waals surface area contributed by atoms with E-state index in [1.54, 1.807) is 0 Å². The Balaban J connectivity index is 0.00000225. The van der Waals surface area contributed by atoms with E-state index in [-0.39, 0.29) is 51.4 Å². The fraction of sp³-hybridized carbons (Fsp3) is 0. The first-order valence-electron chi connectivity index (χ1n) is 3.22. The molecule has 86 valence electrons. The van der Waals surface area contributed by atoms with E-state index in [2.05, 4.69) is 5.14 Å². The molecule has 0 aliphatic heterocycles. The maximum atomic E-state index is 12.7.